The quantitative estimate of drug-likeness (QED) is 0.204. The smallest absolute Gasteiger partial charge is 0.0788 e. The topological polar surface area (TPSA) is 9.86 Å². The first-order valence-electron chi connectivity index (χ1n) is 10.7. The first-order chi connectivity index (χ1) is 15.9. The highest BCUT2D eigenvalue weighted by molar-refractivity contribution is 14.2. The largest absolute Gasteiger partial charge is 0.307 e. The number of rotatable bonds is 2. The summed E-state index contributed by atoms with van der Waals surface area (Å²) in [6.45, 7) is 0. The summed E-state index contributed by atoms with van der Waals surface area (Å²) in [4.78, 5) is 0. The van der Waals surface area contributed by atoms with Gasteiger partial charge in [0.05, 0.1) is 22.1 Å². The van der Waals surface area contributed by atoms with Crippen LogP contribution in [-0.4, -0.2) is 13.1 Å². The van der Waals surface area contributed by atoms with Crippen molar-refractivity contribution in [2.45, 2.75) is 0 Å². The van der Waals surface area contributed by atoms with Crippen molar-refractivity contribution in [1.82, 2.24) is 9.13 Å². The van der Waals surface area contributed by atoms with Crippen molar-refractivity contribution in [3.05, 3.63) is 107 Å². The Morgan fingerprint density at radius 3 is 1.78 bits per heavy atom. The zero-order valence-electron chi connectivity index (χ0n) is 17.2. The summed E-state index contributed by atoms with van der Waals surface area (Å²) in [5.41, 5.74) is 7.45. The molecule has 0 amide bonds. The van der Waals surface area contributed by atoms with Crippen molar-refractivity contribution in [2.24, 2.45) is 0 Å². The number of fused-ring (bicyclic) bond motifs is 7. The van der Waals surface area contributed by atoms with E-state index in [0.717, 1.165) is 0 Å². The minimum absolute atomic E-state index is 0.0265. The van der Waals surface area contributed by atoms with E-state index in [1.807, 2.05) is 0 Å². The molecule has 1 aliphatic heterocycles. The number of nitrogens with zero attached hydrogens (tertiary/aromatic N) is 2. The van der Waals surface area contributed by atoms with Gasteiger partial charge in [-0.05, 0) is 44.5 Å². The molecule has 2 nitrogen and oxygen atoms in total. The third-order valence-electron chi connectivity index (χ3n) is 6.35. The summed E-state index contributed by atoms with van der Waals surface area (Å²) in [6.07, 6.45) is 4.60. The molecule has 0 saturated heterocycles. The van der Waals surface area contributed by atoms with Gasteiger partial charge in [0.25, 0.3) is 0 Å². The van der Waals surface area contributed by atoms with Gasteiger partial charge in [0.2, 0.25) is 0 Å². The van der Waals surface area contributed by atoms with Crippen molar-refractivity contribution < 1.29 is 0 Å². The van der Waals surface area contributed by atoms with Gasteiger partial charge in [0.15, 0.2) is 0 Å². The fraction of sp³-hybridized carbons (Fsp3) is 0. The lowest BCUT2D eigenvalue weighted by Crippen LogP contribution is -1.99. The van der Waals surface area contributed by atoms with E-state index in [9.17, 15) is 0 Å². The van der Waals surface area contributed by atoms with E-state index in [0.29, 0.717) is 0 Å². The molecule has 4 aromatic carbocycles. The van der Waals surface area contributed by atoms with Crippen LogP contribution in [0.1, 0.15) is 0 Å². The van der Waals surface area contributed by atoms with Crippen LogP contribution >= 0.6 is 20.7 Å². The van der Waals surface area contributed by atoms with E-state index in [1.54, 1.807) is 0 Å². The van der Waals surface area contributed by atoms with Gasteiger partial charge in [-0.25, -0.2) is 0 Å². The van der Waals surface area contributed by atoms with Gasteiger partial charge in [0.1, 0.15) is 0 Å². The van der Waals surface area contributed by atoms with Crippen molar-refractivity contribution in [3.63, 3.8) is 0 Å². The summed E-state index contributed by atoms with van der Waals surface area (Å²) >= 11 is 0.0265. The molecule has 0 radical (unpaired) electrons. The average Bonchev–Trinajstić information content (AvgIpc) is 3.38. The second-order valence-electron chi connectivity index (χ2n) is 8.03. The number of hydrogen-bond donors (Lipinski definition) is 0. The van der Waals surface area contributed by atoms with Gasteiger partial charge in [-0.3, -0.25) is 0 Å². The fourth-order valence-corrected chi connectivity index (χ4v) is 6.45. The average molecular weight is 522 g/mol. The minimum atomic E-state index is 0.0265. The fourth-order valence-electron chi connectivity index (χ4n) is 5.06. The predicted octanol–water partition coefficient (Wildman–Crippen LogP) is 8.03. The van der Waals surface area contributed by atoms with E-state index in [1.165, 1.54) is 55.0 Å². The van der Waals surface area contributed by atoms with Crippen LogP contribution in [0.2, 0.25) is 0 Å². The molecule has 3 heterocycles. The number of aromatic nitrogens is 2. The molecule has 2 aromatic heterocycles. The van der Waals surface area contributed by atoms with Crippen LogP contribution in [0.4, 0.5) is 0 Å². The van der Waals surface area contributed by atoms with Gasteiger partial charge in [0, 0.05) is 32.9 Å². The number of benzene rings is 4. The lowest BCUT2D eigenvalue weighted by molar-refractivity contribution is 1.17. The maximum Gasteiger partial charge on any atom is 0.0788 e. The third-order valence-corrected chi connectivity index (χ3v) is 7.90. The summed E-state index contributed by atoms with van der Waals surface area (Å²) < 4.78 is 9.59. The first-order valence-corrected chi connectivity index (χ1v) is 13.2. The Morgan fingerprint density at radius 1 is 0.531 bits per heavy atom. The molecule has 1 aliphatic rings. The second kappa shape index (κ2) is 7.04. The molecule has 32 heavy (non-hydrogen) atoms. The summed E-state index contributed by atoms with van der Waals surface area (Å²) in [7, 11) is 0. The molecular weight excluding hydrogens is 503 g/mol. The van der Waals surface area contributed by atoms with Crippen LogP contribution in [0.3, 0.4) is 0 Å². The van der Waals surface area contributed by atoms with Crippen molar-refractivity contribution >= 4 is 74.1 Å². The molecule has 0 aliphatic carbocycles. The summed E-state index contributed by atoms with van der Waals surface area (Å²) in [5.74, 6) is 0. The highest BCUT2D eigenvalue weighted by Crippen LogP contribution is 2.41. The van der Waals surface area contributed by atoms with E-state index in [-0.39, 0.29) is 20.7 Å². The van der Waals surface area contributed by atoms with Gasteiger partial charge >= 0.3 is 0 Å². The third kappa shape index (κ3) is 2.49. The predicted molar refractivity (Wildman–Crippen MR) is 147 cm³/mol. The molecule has 0 unspecified atom stereocenters. The number of hydrogen-bond acceptors (Lipinski definition) is 0. The number of para-hydroxylation sites is 3. The molecule has 0 saturated carbocycles. The van der Waals surface area contributed by atoms with Crippen molar-refractivity contribution in [3.8, 4) is 5.69 Å². The Labute approximate surface area is 195 Å². The van der Waals surface area contributed by atoms with Gasteiger partial charge in [-0.15, -0.1) is 0 Å². The second-order valence-corrected chi connectivity index (χ2v) is 10.2. The van der Waals surface area contributed by atoms with E-state index in [4.69, 9.17) is 0 Å². The van der Waals surface area contributed by atoms with E-state index >= 15 is 0 Å². The lowest BCUT2D eigenvalue weighted by Gasteiger charge is -2.13. The summed E-state index contributed by atoms with van der Waals surface area (Å²) in [6, 6.07) is 32.9. The zero-order chi connectivity index (χ0) is 21.1. The Hall–Kier alpha value is -3.44. The van der Waals surface area contributed by atoms with Crippen molar-refractivity contribution in [2.75, 3.05) is 0 Å². The molecular formula is C29H19IN2. The monoisotopic (exact) mass is 522 g/mol. The zero-order valence-corrected chi connectivity index (χ0v) is 19.4. The Morgan fingerprint density at radius 2 is 1.12 bits per heavy atom. The molecule has 0 spiro atoms. The lowest BCUT2D eigenvalue weighted by atomic mass is 10.1. The van der Waals surface area contributed by atoms with Crippen LogP contribution in [0, 0.1) is 0 Å². The van der Waals surface area contributed by atoms with Crippen LogP contribution in [0.5, 0.6) is 0 Å². The highest BCUT2D eigenvalue weighted by Gasteiger charge is 2.20. The molecule has 3 heteroatoms. The molecule has 152 valence electrons. The summed E-state index contributed by atoms with van der Waals surface area (Å²) in [5, 5.41) is 5.17. The number of allylic oxidation sites excluding steroid dienone is 3. The maximum atomic E-state index is 2.46. The van der Waals surface area contributed by atoms with Gasteiger partial charge in [-0.1, -0.05) is 87.5 Å². The Bertz CT molecular complexity index is 1760. The van der Waals surface area contributed by atoms with Gasteiger partial charge < -0.3 is 9.13 Å². The van der Waals surface area contributed by atoms with E-state index < -0.39 is 0 Å². The Kier molecular flexibility index (Phi) is 3.99. The normalized spacial score (nSPS) is 13.8. The molecule has 0 atom stereocenters. The Balaban J connectivity index is 1.79. The van der Waals surface area contributed by atoms with Crippen molar-refractivity contribution in [1.29, 1.82) is 0 Å². The molecule has 6 aromatic rings. The van der Waals surface area contributed by atoms with Crippen LogP contribution < -0.4 is 0 Å². The first kappa shape index (κ1) is 18.2. The van der Waals surface area contributed by atoms with Crippen LogP contribution in [-0.2, 0) is 0 Å². The van der Waals surface area contributed by atoms with Gasteiger partial charge in [-0.2, -0.15) is 0 Å². The van der Waals surface area contributed by atoms with Crippen LogP contribution in [0.15, 0.2) is 107 Å². The minimum Gasteiger partial charge on any atom is -0.307 e. The SMILES string of the molecule is C1=CC(n2c3ccccc3c3ccc4c5ccccc5n(-c5ccccc5)c4c32)=CC=I1. The van der Waals surface area contributed by atoms with Crippen LogP contribution in [0.25, 0.3) is 55.0 Å². The standard InChI is InChI=1S/C29H19IN2/c1-2-8-20(9-3-1)31-26-12-6-4-10-22(26)24-14-15-25-23-11-5-7-13-27(23)32(29(25)28(24)31)21-16-18-30-19-17-21/h1-19H. The molecule has 0 fully saturated rings. The molecule has 7 rings (SSSR count). The molecule has 0 N–H and O–H groups in total. The van der Waals surface area contributed by atoms with E-state index in [2.05, 4.69) is 120 Å². The molecule has 0 bridgehead atoms. The maximum absolute atomic E-state index is 2.46. The highest BCUT2D eigenvalue weighted by atomic mass is 127. The number of halogens is 1.